The van der Waals surface area contributed by atoms with Crippen LogP contribution in [0, 0.1) is 6.92 Å². The van der Waals surface area contributed by atoms with Gasteiger partial charge in [-0.05, 0) is 43.4 Å². The maximum Gasteiger partial charge on any atom is 0.119 e. The Balaban J connectivity index is 2.93. The molecule has 0 heterocycles. The molecule has 0 amide bonds. The van der Waals surface area contributed by atoms with Gasteiger partial charge in [-0.25, -0.2) is 0 Å². The highest BCUT2D eigenvalue weighted by Gasteiger charge is 2.09. The number of aromatic hydroxyl groups is 1. The van der Waals surface area contributed by atoms with Crippen molar-refractivity contribution in [1.29, 1.82) is 0 Å². The van der Waals surface area contributed by atoms with E-state index in [0.717, 1.165) is 18.4 Å². The van der Waals surface area contributed by atoms with Gasteiger partial charge in [-0.1, -0.05) is 31.9 Å². The first-order valence-electron chi connectivity index (χ1n) is 6.12. The third-order valence-corrected chi connectivity index (χ3v) is 3.02. The average Bonchev–Trinajstić information content (AvgIpc) is 2.27. The van der Waals surface area contributed by atoms with Gasteiger partial charge in [0.25, 0.3) is 0 Å². The Morgan fingerprint density at radius 1 is 1.25 bits per heavy atom. The second kappa shape index (κ2) is 6.37. The Morgan fingerprint density at radius 3 is 2.62 bits per heavy atom. The molecule has 0 aliphatic carbocycles. The van der Waals surface area contributed by atoms with Crippen LogP contribution in [0.1, 0.15) is 42.9 Å². The summed E-state index contributed by atoms with van der Waals surface area (Å²) in [5.74, 6) is 0.414. The van der Waals surface area contributed by atoms with Crippen molar-refractivity contribution in [2.75, 3.05) is 0 Å². The summed E-state index contributed by atoms with van der Waals surface area (Å²) in [4.78, 5) is 0. The zero-order valence-electron chi connectivity index (χ0n) is 10.4. The normalized spacial score (nSPS) is 10.4. The Kier molecular flexibility index (Phi) is 5.10. The van der Waals surface area contributed by atoms with Crippen LogP contribution in [0.25, 0.3) is 0 Å². The van der Waals surface area contributed by atoms with Crippen LogP contribution in [0.15, 0.2) is 24.8 Å². The average molecular weight is 218 g/mol. The third-order valence-electron chi connectivity index (χ3n) is 3.02. The monoisotopic (exact) mass is 218 g/mol. The molecule has 0 saturated carbocycles. The maximum absolute atomic E-state index is 9.86. The van der Waals surface area contributed by atoms with Crippen LogP contribution in [0.3, 0.4) is 0 Å². The molecule has 16 heavy (non-hydrogen) atoms. The topological polar surface area (TPSA) is 20.2 Å². The molecule has 0 unspecified atom stereocenters. The predicted octanol–water partition coefficient (Wildman–Crippen LogP) is 4.16. The van der Waals surface area contributed by atoms with Gasteiger partial charge >= 0.3 is 0 Å². The molecule has 88 valence electrons. The van der Waals surface area contributed by atoms with E-state index in [1.165, 1.54) is 30.4 Å². The lowest BCUT2D eigenvalue weighted by atomic mass is 9.94. The molecule has 0 radical (unpaired) electrons. The van der Waals surface area contributed by atoms with Crippen LogP contribution in [-0.2, 0) is 12.8 Å². The Labute approximate surface area is 98.8 Å². The van der Waals surface area contributed by atoms with E-state index < -0.39 is 0 Å². The maximum atomic E-state index is 9.86. The van der Waals surface area contributed by atoms with Gasteiger partial charge in [-0.3, -0.25) is 0 Å². The van der Waals surface area contributed by atoms with Gasteiger partial charge in [0.05, 0.1) is 0 Å². The van der Waals surface area contributed by atoms with Crippen molar-refractivity contribution in [3.63, 3.8) is 0 Å². The van der Waals surface area contributed by atoms with Crippen molar-refractivity contribution in [1.82, 2.24) is 0 Å². The van der Waals surface area contributed by atoms with Crippen LogP contribution >= 0.6 is 0 Å². The molecule has 0 fully saturated rings. The van der Waals surface area contributed by atoms with E-state index in [-0.39, 0.29) is 0 Å². The van der Waals surface area contributed by atoms with Crippen molar-refractivity contribution in [2.24, 2.45) is 0 Å². The van der Waals surface area contributed by atoms with Gasteiger partial charge in [0.2, 0.25) is 0 Å². The molecule has 0 aromatic heterocycles. The lowest BCUT2D eigenvalue weighted by molar-refractivity contribution is 0.468. The Hall–Kier alpha value is -1.24. The molecular formula is C15H22O. The molecule has 1 heteroatoms. The molecular weight excluding hydrogens is 196 g/mol. The highest BCUT2D eigenvalue weighted by Crippen LogP contribution is 2.26. The lowest BCUT2D eigenvalue weighted by Crippen LogP contribution is -1.98. The van der Waals surface area contributed by atoms with Crippen molar-refractivity contribution in [3.8, 4) is 5.75 Å². The number of hydrogen-bond donors (Lipinski definition) is 1. The van der Waals surface area contributed by atoms with Crippen LogP contribution in [0.2, 0.25) is 0 Å². The van der Waals surface area contributed by atoms with Crippen molar-refractivity contribution in [3.05, 3.63) is 41.5 Å². The van der Waals surface area contributed by atoms with Crippen LogP contribution in [-0.4, -0.2) is 5.11 Å². The van der Waals surface area contributed by atoms with E-state index in [9.17, 15) is 5.11 Å². The predicted molar refractivity (Wildman–Crippen MR) is 70.0 cm³/mol. The molecule has 1 N–H and O–H groups in total. The van der Waals surface area contributed by atoms with Gasteiger partial charge in [-0.15, -0.1) is 6.58 Å². The minimum Gasteiger partial charge on any atom is -0.508 e. The van der Waals surface area contributed by atoms with Gasteiger partial charge in [0.15, 0.2) is 0 Å². The highest BCUT2D eigenvalue weighted by atomic mass is 16.3. The quantitative estimate of drug-likeness (QED) is 0.561. The first-order valence-corrected chi connectivity index (χ1v) is 6.12. The fourth-order valence-corrected chi connectivity index (χ4v) is 2.07. The highest BCUT2D eigenvalue weighted by molar-refractivity contribution is 5.45. The number of rotatable bonds is 6. The lowest BCUT2D eigenvalue weighted by Gasteiger charge is -2.13. The largest absolute Gasteiger partial charge is 0.508 e. The van der Waals surface area contributed by atoms with E-state index in [4.69, 9.17) is 0 Å². The number of hydrogen-bond acceptors (Lipinski definition) is 1. The van der Waals surface area contributed by atoms with Gasteiger partial charge in [-0.2, -0.15) is 0 Å². The summed E-state index contributed by atoms with van der Waals surface area (Å²) in [6.45, 7) is 8.08. The standard InChI is InChI=1S/C15H22O/c1-4-6-7-9-13-12(3)10-11-15(16)14(13)8-5-2/h5,10-11,16H,2,4,6-9H2,1,3H3. The molecule has 0 saturated heterocycles. The molecule has 0 bridgehead atoms. The summed E-state index contributed by atoms with van der Waals surface area (Å²) in [6.07, 6.45) is 7.37. The number of unbranched alkanes of at least 4 members (excludes halogenated alkanes) is 2. The first kappa shape index (κ1) is 12.8. The summed E-state index contributed by atoms with van der Waals surface area (Å²) in [7, 11) is 0. The van der Waals surface area contributed by atoms with Crippen LogP contribution in [0.5, 0.6) is 5.75 Å². The van der Waals surface area contributed by atoms with Gasteiger partial charge < -0.3 is 5.11 Å². The summed E-state index contributed by atoms with van der Waals surface area (Å²) in [5.41, 5.74) is 3.66. The minimum atomic E-state index is 0.414. The number of benzene rings is 1. The Morgan fingerprint density at radius 2 is 2.00 bits per heavy atom. The zero-order chi connectivity index (χ0) is 12.0. The number of allylic oxidation sites excluding steroid dienone is 1. The summed E-state index contributed by atoms with van der Waals surface area (Å²) in [5, 5.41) is 9.86. The molecule has 0 spiro atoms. The van der Waals surface area contributed by atoms with E-state index in [1.807, 2.05) is 12.1 Å². The van der Waals surface area contributed by atoms with Gasteiger partial charge in [0, 0.05) is 5.56 Å². The second-order valence-corrected chi connectivity index (χ2v) is 4.31. The summed E-state index contributed by atoms with van der Waals surface area (Å²) >= 11 is 0. The number of phenolic OH excluding ortho intramolecular Hbond substituents is 1. The third kappa shape index (κ3) is 3.13. The number of aryl methyl sites for hydroxylation is 1. The SMILES string of the molecule is C=CCc1c(O)ccc(C)c1CCCCC. The number of phenols is 1. The smallest absolute Gasteiger partial charge is 0.119 e. The fourth-order valence-electron chi connectivity index (χ4n) is 2.07. The molecule has 0 aliphatic heterocycles. The van der Waals surface area contributed by atoms with Gasteiger partial charge in [0.1, 0.15) is 5.75 Å². The molecule has 1 aromatic rings. The zero-order valence-corrected chi connectivity index (χ0v) is 10.4. The van der Waals surface area contributed by atoms with Crippen molar-refractivity contribution < 1.29 is 5.11 Å². The Bertz CT molecular complexity index is 353. The molecule has 1 nitrogen and oxygen atoms in total. The van der Waals surface area contributed by atoms with Crippen molar-refractivity contribution in [2.45, 2.75) is 46.0 Å². The second-order valence-electron chi connectivity index (χ2n) is 4.31. The van der Waals surface area contributed by atoms with E-state index >= 15 is 0 Å². The van der Waals surface area contributed by atoms with E-state index in [0.29, 0.717) is 5.75 Å². The molecule has 1 aromatic carbocycles. The van der Waals surface area contributed by atoms with E-state index in [2.05, 4.69) is 20.4 Å². The van der Waals surface area contributed by atoms with E-state index in [1.54, 1.807) is 6.07 Å². The summed E-state index contributed by atoms with van der Waals surface area (Å²) in [6, 6.07) is 3.79. The summed E-state index contributed by atoms with van der Waals surface area (Å²) < 4.78 is 0. The van der Waals surface area contributed by atoms with Crippen molar-refractivity contribution >= 4 is 0 Å². The first-order chi connectivity index (χ1) is 7.70. The molecule has 0 atom stereocenters. The molecule has 1 rings (SSSR count). The van der Waals surface area contributed by atoms with Crippen LogP contribution in [0.4, 0.5) is 0 Å². The van der Waals surface area contributed by atoms with Crippen LogP contribution < -0.4 is 0 Å². The minimum absolute atomic E-state index is 0.414. The molecule has 0 aliphatic rings. The fraction of sp³-hybridized carbons (Fsp3) is 0.467.